The molecule has 0 saturated heterocycles. The second-order valence-corrected chi connectivity index (χ2v) is 3.20. The van der Waals surface area contributed by atoms with Gasteiger partial charge in [-0.2, -0.15) is 5.10 Å². The van der Waals surface area contributed by atoms with E-state index >= 15 is 0 Å². The highest BCUT2D eigenvalue weighted by Crippen LogP contribution is 2.15. The molecule has 0 amide bonds. The molecule has 0 aliphatic heterocycles. The van der Waals surface area contributed by atoms with Gasteiger partial charge in [0.1, 0.15) is 6.33 Å². The molecule has 15 heavy (non-hydrogen) atoms. The van der Waals surface area contributed by atoms with E-state index < -0.39 is 0 Å². The molecule has 72 valence electrons. The van der Waals surface area contributed by atoms with Gasteiger partial charge in [0.25, 0.3) is 0 Å². The van der Waals surface area contributed by atoms with Crippen LogP contribution in [-0.4, -0.2) is 19.6 Å². The lowest BCUT2D eigenvalue weighted by atomic mass is 10.2. The van der Waals surface area contributed by atoms with Gasteiger partial charge < -0.3 is 0 Å². The van der Waals surface area contributed by atoms with Crippen LogP contribution in [-0.2, 0) is 0 Å². The highest BCUT2D eigenvalue weighted by atomic mass is 15.3. The molecule has 3 aromatic rings. The smallest absolute Gasteiger partial charge is 0.173 e. The van der Waals surface area contributed by atoms with Crippen LogP contribution in [0, 0.1) is 0 Å². The minimum atomic E-state index is 0.759. The van der Waals surface area contributed by atoms with E-state index in [1.54, 1.807) is 10.7 Å². The highest BCUT2D eigenvalue weighted by Gasteiger charge is 2.00. The van der Waals surface area contributed by atoms with Crippen LogP contribution in [0.4, 0.5) is 0 Å². The maximum Gasteiger partial charge on any atom is 0.173 e. The van der Waals surface area contributed by atoms with Crippen LogP contribution in [0.2, 0.25) is 0 Å². The molecule has 0 radical (unpaired) electrons. The Morgan fingerprint density at radius 3 is 2.73 bits per heavy atom. The maximum absolute atomic E-state index is 4.33. The van der Waals surface area contributed by atoms with Crippen molar-refractivity contribution >= 4 is 5.65 Å². The quantitative estimate of drug-likeness (QED) is 0.596. The Kier molecular flexibility index (Phi) is 1.71. The zero-order valence-electron chi connectivity index (χ0n) is 7.91. The lowest BCUT2D eigenvalue weighted by Crippen LogP contribution is -1.91. The van der Waals surface area contributed by atoms with E-state index in [1.807, 2.05) is 36.5 Å². The van der Waals surface area contributed by atoms with Gasteiger partial charge in [0, 0.05) is 5.56 Å². The molecule has 4 heteroatoms. The van der Waals surface area contributed by atoms with Gasteiger partial charge in [-0.15, -0.1) is 0 Å². The van der Waals surface area contributed by atoms with E-state index in [9.17, 15) is 0 Å². The van der Waals surface area contributed by atoms with Crippen LogP contribution in [0.5, 0.6) is 0 Å². The topological polar surface area (TPSA) is 43.1 Å². The van der Waals surface area contributed by atoms with Gasteiger partial charge in [0.2, 0.25) is 0 Å². The van der Waals surface area contributed by atoms with E-state index in [4.69, 9.17) is 0 Å². The molecule has 0 unspecified atom stereocenters. The minimum absolute atomic E-state index is 0.759. The van der Waals surface area contributed by atoms with Gasteiger partial charge in [-0.3, -0.25) is 4.98 Å². The van der Waals surface area contributed by atoms with Gasteiger partial charge in [-0.25, -0.2) is 9.50 Å². The number of nitrogens with zero attached hydrogens (tertiary/aromatic N) is 4. The molecule has 0 atom stereocenters. The SMILES string of the molecule is c1ccc(-c2cn3ncnc3cn2)cc1. The summed E-state index contributed by atoms with van der Waals surface area (Å²) in [7, 11) is 0. The monoisotopic (exact) mass is 196 g/mol. The molecule has 0 fully saturated rings. The van der Waals surface area contributed by atoms with Crippen molar-refractivity contribution in [2.45, 2.75) is 0 Å². The predicted octanol–water partition coefficient (Wildman–Crippen LogP) is 1.79. The fourth-order valence-electron chi connectivity index (χ4n) is 1.49. The molecule has 0 aliphatic carbocycles. The first-order valence-electron chi connectivity index (χ1n) is 4.64. The number of hydrogen-bond donors (Lipinski definition) is 0. The van der Waals surface area contributed by atoms with Crippen molar-refractivity contribution in [3.8, 4) is 11.3 Å². The van der Waals surface area contributed by atoms with E-state index in [2.05, 4.69) is 15.1 Å². The highest BCUT2D eigenvalue weighted by molar-refractivity contribution is 5.58. The molecular formula is C11H8N4. The van der Waals surface area contributed by atoms with Crippen molar-refractivity contribution in [1.29, 1.82) is 0 Å². The van der Waals surface area contributed by atoms with Crippen molar-refractivity contribution < 1.29 is 0 Å². The van der Waals surface area contributed by atoms with E-state index in [0.29, 0.717) is 0 Å². The molecule has 0 N–H and O–H groups in total. The lowest BCUT2D eigenvalue weighted by Gasteiger charge is -1.99. The fourth-order valence-corrected chi connectivity index (χ4v) is 1.49. The maximum atomic E-state index is 4.33. The van der Waals surface area contributed by atoms with Crippen molar-refractivity contribution in [2.24, 2.45) is 0 Å². The number of aromatic nitrogens is 4. The van der Waals surface area contributed by atoms with Crippen LogP contribution in [0.1, 0.15) is 0 Å². The Morgan fingerprint density at radius 2 is 1.87 bits per heavy atom. The first-order valence-corrected chi connectivity index (χ1v) is 4.64. The van der Waals surface area contributed by atoms with Crippen LogP contribution in [0.15, 0.2) is 49.1 Å². The number of fused-ring (bicyclic) bond motifs is 1. The Hall–Kier alpha value is -2.23. The van der Waals surface area contributed by atoms with Gasteiger partial charge >= 0.3 is 0 Å². The zero-order chi connectivity index (χ0) is 10.1. The van der Waals surface area contributed by atoms with Crippen molar-refractivity contribution in [1.82, 2.24) is 19.6 Å². The van der Waals surface area contributed by atoms with Crippen molar-refractivity contribution in [3.05, 3.63) is 49.1 Å². The summed E-state index contributed by atoms with van der Waals surface area (Å²) in [6, 6.07) is 10.00. The molecule has 2 aromatic heterocycles. The van der Waals surface area contributed by atoms with Crippen molar-refractivity contribution in [3.63, 3.8) is 0 Å². The normalized spacial score (nSPS) is 10.7. The molecule has 1 aromatic carbocycles. The second kappa shape index (κ2) is 3.16. The first kappa shape index (κ1) is 8.11. The van der Waals surface area contributed by atoms with Crippen LogP contribution < -0.4 is 0 Å². The third-order valence-corrected chi connectivity index (χ3v) is 2.23. The Bertz CT molecular complexity index is 586. The Labute approximate surface area is 86.2 Å². The molecule has 0 spiro atoms. The Balaban J connectivity index is 2.19. The van der Waals surface area contributed by atoms with Gasteiger partial charge in [-0.1, -0.05) is 30.3 Å². The fraction of sp³-hybridized carbons (Fsp3) is 0. The molecule has 0 saturated carbocycles. The molecule has 3 rings (SSSR count). The molecular weight excluding hydrogens is 188 g/mol. The summed E-state index contributed by atoms with van der Waals surface area (Å²) in [5.41, 5.74) is 2.73. The van der Waals surface area contributed by atoms with E-state index in [-0.39, 0.29) is 0 Å². The lowest BCUT2D eigenvalue weighted by molar-refractivity contribution is 0.949. The van der Waals surface area contributed by atoms with Gasteiger partial charge in [0.15, 0.2) is 5.65 Å². The average Bonchev–Trinajstić information content (AvgIpc) is 2.77. The summed E-state index contributed by atoms with van der Waals surface area (Å²) in [4.78, 5) is 8.37. The molecule has 2 heterocycles. The standard InChI is InChI=1S/C11H8N4/c1-2-4-9(5-3-1)10-7-15-11(6-12-10)13-8-14-15/h1-8H. The van der Waals surface area contributed by atoms with Crippen molar-refractivity contribution in [2.75, 3.05) is 0 Å². The number of benzene rings is 1. The minimum Gasteiger partial charge on any atom is -0.251 e. The van der Waals surface area contributed by atoms with E-state index in [0.717, 1.165) is 16.9 Å². The average molecular weight is 196 g/mol. The summed E-state index contributed by atoms with van der Waals surface area (Å²) < 4.78 is 1.72. The third kappa shape index (κ3) is 1.36. The van der Waals surface area contributed by atoms with Gasteiger partial charge in [0.05, 0.1) is 18.1 Å². The molecule has 4 nitrogen and oxygen atoms in total. The number of rotatable bonds is 1. The molecule has 0 bridgehead atoms. The third-order valence-electron chi connectivity index (χ3n) is 2.23. The predicted molar refractivity (Wildman–Crippen MR) is 56.2 cm³/mol. The summed E-state index contributed by atoms with van der Waals surface area (Å²) in [5, 5.41) is 4.07. The summed E-state index contributed by atoms with van der Waals surface area (Å²) >= 11 is 0. The first-order chi connectivity index (χ1) is 7.43. The van der Waals surface area contributed by atoms with Gasteiger partial charge in [-0.05, 0) is 0 Å². The van der Waals surface area contributed by atoms with Crippen LogP contribution >= 0.6 is 0 Å². The van der Waals surface area contributed by atoms with E-state index in [1.165, 1.54) is 6.33 Å². The summed E-state index contributed by atoms with van der Waals surface area (Å²) in [6.45, 7) is 0. The zero-order valence-corrected chi connectivity index (χ0v) is 7.91. The van der Waals surface area contributed by atoms with Crippen LogP contribution in [0.3, 0.4) is 0 Å². The molecule has 0 aliphatic rings. The number of hydrogen-bond acceptors (Lipinski definition) is 3. The summed E-state index contributed by atoms with van der Waals surface area (Å²) in [6.07, 6.45) is 5.11. The Morgan fingerprint density at radius 1 is 1.00 bits per heavy atom. The second-order valence-electron chi connectivity index (χ2n) is 3.20. The largest absolute Gasteiger partial charge is 0.251 e. The summed E-state index contributed by atoms with van der Waals surface area (Å²) in [5.74, 6) is 0. The van der Waals surface area contributed by atoms with Crippen LogP contribution in [0.25, 0.3) is 16.9 Å².